The highest BCUT2D eigenvalue weighted by Crippen LogP contribution is 2.37. The number of nitrogens with one attached hydrogen (secondary N) is 1. The van der Waals surface area contributed by atoms with E-state index in [1.165, 1.54) is 12.3 Å². The molecule has 1 amide bonds. The van der Waals surface area contributed by atoms with Crippen LogP contribution in [0.2, 0.25) is 0 Å². The van der Waals surface area contributed by atoms with Crippen molar-refractivity contribution in [2.24, 2.45) is 5.92 Å². The maximum atomic E-state index is 12.4. The van der Waals surface area contributed by atoms with Crippen molar-refractivity contribution in [2.75, 3.05) is 19.6 Å². The predicted octanol–water partition coefficient (Wildman–Crippen LogP) is 0.739. The highest BCUT2D eigenvalue weighted by atomic mass is 32.3. The first-order valence-corrected chi connectivity index (χ1v) is 9.40. The first-order valence-electron chi connectivity index (χ1n) is 7.92. The number of aromatic nitrogens is 1. The van der Waals surface area contributed by atoms with Gasteiger partial charge in [0, 0.05) is 24.7 Å². The summed E-state index contributed by atoms with van der Waals surface area (Å²) < 4.78 is 33.3. The van der Waals surface area contributed by atoms with Gasteiger partial charge in [-0.3, -0.25) is 4.79 Å². The van der Waals surface area contributed by atoms with Gasteiger partial charge in [0.25, 0.3) is 5.88 Å². The van der Waals surface area contributed by atoms with Crippen LogP contribution in [0.4, 0.5) is 0 Å². The minimum Gasteiger partial charge on any atom is -0.593 e. The average Bonchev–Trinajstić information content (AvgIpc) is 3.38. The largest absolute Gasteiger partial charge is 0.593 e. The molecule has 124 valence electrons. The maximum absolute atomic E-state index is 12.4. The zero-order valence-electron chi connectivity index (χ0n) is 12.7. The van der Waals surface area contributed by atoms with Gasteiger partial charge in [0.1, 0.15) is 5.60 Å². The third-order valence-corrected chi connectivity index (χ3v) is 6.12. The number of hydrogen-bond acceptors (Lipinski definition) is 5. The maximum Gasteiger partial charge on any atom is 0.272 e. The molecule has 3 heterocycles. The van der Waals surface area contributed by atoms with E-state index in [1.807, 2.05) is 4.90 Å². The van der Waals surface area contributed by atoms with E-state index in [1.54, 1.807) is 6.07 Å². The number of carbonyl (C=O) groups excluding carboxylic acids is 1. The number of fused-ring (bicyclic) bond motifs is 1. The number of rotatable bonds is 1. The normalized spacial score (nSPS) is 33.7. The van der Waals surface area contributed by atoms with E-state index in [-0.39, 0.29) is 29.1 Å². The summed E-state index contributed by atoms with van der Waals surface area (Å²) in [6, 6.07) is 3.06. The molecule has 0 aromatic carbocycles. The number of nitrogens with zero attached hydrogens (tertiary/aromatic N) is 2. The smallest absolute Gasteiger partial charge is 0.272 e. The van der Waals surface area contributed by atoms with Crippen molar-refractivity contribution < 1.29 is 18.3 Å². The number of likely N-dealkylation sites (tertiary alicyclic amines) is 1. The van der Waals surface area contributed by atoms with Crippen LogP contribution in [-0.4, -0.2) is 45.6 Å². The van der Waals surface area contributed by atoms with Crippen LogP contribution in [0.5, 0.6) is 5.88 Å². The zero-order valence-corrected chi connectivity index (χ0v) is 13.5. The van der Waals surface area contributed by atoms with Crippen LogP contribution in [0.3, 0.4) is 0 Å². The number of pyridine rings is 1. The van der Waals surface area contributed by atoms with Crippen molar-refractivity contribution in [2.45, 2.75) is 36.2 Å². The van der Waals surface area contributed by atoms with Gasteiger partial charge < -0.3 is 14.2 Å². The molecule has 2 aliphatic heterocycles. The minimum atomic E-state index is -3.64. The van der Waals surface area contributed by atoms with Crippen LogP contribution >= 0.6 is 0 Å². The highest BCUT2D eigenvalue weighted by Gasteiger charge is 2.47. The minimum absolute atomic E-state index is 0.0579. The van der Waals surface area contributed by atoms with Crippen LogP contribution in [0, 0.1) is 5.92 Å². The average molecular weight is 337 g/mol. The molecule has 1 N–H and O–H groups in total. The molecule has 2 atom stereocenters. The van der Waals surface area contributed by atoms with Gasteiger partial charge in [-0.25, -0.2) is 4.98 Å². The summed E-state index contributed by atoms with van der Waals surface area (Å²) in [5, 5.41) is 0. The lowest BCUT2D eigenvalue weighted by Gasteiger charge is -2.41. The molecule has 1 aliphatic carbocycles. The van der Waals surface area contributed by atoms with E-state index in [2.05, 4.69) is 9.71 Å². The Morgan fingerprint density at radius 2 is 2.35 bits per heavy atom. The Balaban J connectivity index is 1.64. The quantitative estimate of drug-likeness (QED) is 0.763. The molecular formula is C15H19N3O4S. The van der Waals surface area contributed by atoms with Gasteiger partial charge in [0.05, 0.1) is 13.1 Å². The Morgan fingerprint density at radius 1 is 1.52 bits per heavy atom. The lowest BCUT2D eigenvalue weighted by Crippen LogP contribution is -2.58. The van der Waals surface area contributed by atoms with Gasteiger partial charge in [-0.2, -0.15) is 0 Å². The second-order valence-electron chi connectivity index (χ2n) is 6.55. The Hall–Kier alpha value is -1.51. The second kappa shape index (κ2) is 5.25. The highest BCUT2D eigenvalue weighted by molar-refractivity contribution is 7.95. The molecule has 3 aliphatic rings. The summed E-state index contributed by atoms with van der Waals surface area (Å²) in [5.41, 5.74) is -0.741. The predicted molar refractivity (Wildman–Crippen MR) is 81.2 cm³/mol. The number of carbonyl (C=O) groups is 1. The van der Waals surface area contributed by atoms with Gasteiger partial charge in [-0.05, 0) is 31.7 Å². The van der Waals surface area contributed by atoms with Gasteiger partial charge in [0.15, 0.2) is 10.4 Å². The van der Waals surface area contributed by atoms with Crippen molar-refractivity contribution in [3.63, 3.8) is 0 Å². The Kier molecular flexibility index (Phi) is 3.44. The SMILES string of the molecule is O=C(C1CC1)N1CCCC2(CN[S+](=O)([O-])c3cccnc3O2)C1. The van der Waals surface area contributed by atoms with Gasteiger partial charge in [-0.1, -0.05) is 4.21 Å². The Bertz CT molecular complexity index is 693. The van der Waals surface area contributed by atoms with Crippen molar-refractivity contribution in [1.82, 2.24) is 14.6 Å². The molecule has 0 radical (unpaired) electrons. The standard InChI is InChI=1S/C15H19N3O4S/c19-14(11-4-5-11)18-8-2-6-15(10-18)9-17-23(20,21)12-3-1-7-16-13(12)22-15/h1,3,7,11H,2,4-6,8-10H2,(H-,17,20,21). The summed E-state index contributed by atoms with van der Waals surface area (Å²) in [5.74, 6) is 0.442. The van der Waals surface area contributed by atoms with Crippen LogP contribution < -0.4 is 9.46 Å². The number of amides is 1. The fourth-order valence-corrected chi connectivity index (χ4v) is 4.50. The molecule has 1 saturated heterocycles. The van der Waals surface area contributed by atoms with Gasteiger partial charge >= 0.3 is 0 Å². The third-order valence-electron chi connectivity index (χ3n) is 4.70. The summed E-state index contributed by atoms with van der Waals surface area (Å²) in [6.45, 7) is 1.27. The molecule has 2 unspecified atom stereocenters. The monoisotopic (exact) mass is 337 g/mol. The molecule has 4 rings (SSSR count). The lowest BCUT2D eigenvalue weighted by atomic mass is 9.92. The molecular weight excluding hydrogens is 318 g/mol. The van der Waals surface area contributed by atoms with Crippen LogP contribution in [0.25, 0.3) is 0 Å². The number of sulfonamides is 1. The van der Waals surface area contributed by atoms with Crippen LogP contribution in [-0.2, 0) is 19.4 Å². The van der Waals surface area contributed by atoms with E-state index >= 15 is 0 Å². The number of hydrogen-bond donors (Lipinski definition) is 1. The second-order valence-corrected chi connectivity index (χ2v) is 8.29. The molecule has 8 heteroatoms. The summed E-state index contributed by atoms with van der Waals surface area (Å²) in [4.78, 5) is 18.3. The van der Waals surface area contributed by atoms with Gasteiger partial charge in [-0.15, -0.1) is 4.72 Å². The first-order chi connectivity index (χ1) is 11.0. The molecule has 1 spiro atoms. The molecule has 0 bridgehead atoms. The Morgan fingerprint density at radius 3 is 3.13 bits per heavy atom. The molecule has 7 nitrogen and oxygen atoms in total. The molecule has 1 aromatic rings. The first kappa shape index (κ1) is 15.0. The molecule has 1 aromatic heterocycles. The van der Waals surface area contributed by atoms with Crippen molar-refractivity contribution in [1.29, 1.82) is 0 Å². The zero-order chi connectivity index (χ0) is 16.1. The lowest BCUT2D eigenvalue weighted by molar-refractivity contribution is -0.138. The van der Waals surface area contributed by atoms with E-state index in [4.69, 9.17) is 4.74 Å². The summed E-state index contributed by atoms with van der Waals surface area (Å²) in [6.07, 6.45) is 4.92. The van der Waals surface area contributed by atoms with Crippen molar-refractivity contribution in [3.8, 4) is 5.88 Å². The number of ether oxygens (including phenoxy) is 1. The Labute approximate surface area is 135 Å². The summed E-state index contributed by atoms with van der Waals surface area (Å²) in [7, 11) is -3.64. The van der Waals surface area contributed by atoms with Crippen LogP contribution in [0.15, 0.2) is 23.2 Å². The van der Waals surface area contributed by atoms with Crippen LogP contribution in [0.1, 0.15) is 25.7 Å². The molecule has 2 fully saturated rings. The van der Waals surface area contributed by atoms with Crippen molar-refractivity contribution in [3.05, 3.63) is 18.3 Å². The molecule has 23 heavy (non-hydrogen) atoms. The fourth-order valence-electron chi connectivity index (χ4n) is 3.30. The topological polar surface area (TPSA) is 94.6 Å². The third kappa shape index (κ3) is 2.75. The van der Waals surface area contributed by atoms with E-state index in [9.17, 15) is 13.6 Å². The van der Waals surface area contributed by atoms with Gasteiger partial charge in [0.2, 0.25) is 10.8 Å². The van der Waals surface area contributed by atoms with E-state index < -0.39 is 16.0 Å². The fraction of sp³-hybridized carbons (Fsp3) is 0.600. The van der Waals surface area contributed by atoms with E-state index in [0.29, 0.717) is 19.5 Å². The van der Waals surface area contributed by atoms with Crippen molar-refractivity contribution >= 4 is 16.3 Å². The molecule has 1 saturated carbocycles. The van der Waals surface area contributed by atoms with E-state index in [0.717, 1.165) is 19.3 Å². The summed E-state index contributed by atoms with van der Waals surface area (Å²) >= 11 is 0. The number of piperidine rings is 1.